The molecule has 14 nitrogen and oxygen atoms in total. The molecule has 1 aliphatic rings. The Labute approximate surface area is 389 Å². The number of aliphatic hydroxyl groups is 1. The van der Waals surface area contributed by atoms with Gasteiger partial charge in [-0.3, -0.25) is 19.4 Å². The molecule has 1 atom stereocenters. The molecule has 17 heteroatoms. The molecule has 1 aliphatic heterocycles. The van der Waals surface area contributed by atoms with E-state index in [1.54, 1.807) is 49.4 Å². The topological polar surface area (TPSA) is 226 Å². The second kappa shape index (κ2) is 19.6. The van der Waals surface area contributed by atoms with Crippen molar-refractivity contribution < 1.29 is 33.0 Å². The Hall–Kier alpha value is -6.37. The molecule has 66 heavy (non-hydrogen) atoms. The summed E-state index contributed by atoms with van der Waals surface area (Å²) in [5, 5.41) is 31.6. The Balaban J connectivity index is 0.918. The van der Waals surface area contributed by atoms with E-state index in [0.29, 0.717) is 68.8 Å². The first kappa shape index (κ1) is 46.2. The number of aryl methyl sites for hydroxylation is 1. The van der Waals surface area contributed by atoms with E-state index in [1.807, 2.05) is 47.8 Å². The van der Waals surface area contributed by atoms with E-state index in [9.17, 15) is 33.0 Å². The van der Waals surface area contributed by atoms with Gasteiger partial charge in [0.1, 0.15) is 11.5 Å². The number of hydrogen-bond acceptors (Lipinski definition) is 13. The standard InChI is InChI=1S/C49H48N6O8S3/c1-29-23-36(26-39-44(29)52-27-40(47(50)59)45(39)53-33-8-6-9-34(25-33)63-2)66(61,62)35-10-5-7-30(24-35)48(60)54-32-13-11-31(12-14-32)49(64-21-22-65-49)19-3-4-20-51-28-42(57)37-15-17-41(56)46-38(37)16-18-43(58)55-46/h5-18,23-27,42,51,56-57H,3-4,19-22,28H2,1-2H3,(H2,50,59)(H,52,53)(H,54,60)(H,55,58)/t42-/m0/s1. The van der Waals surface area contributed by atoms with Crippen molar-refractivity contribution in [3.63, 3.8) is 0 Å². The fraction of sp³-hybridized carbons (Fsp3) is 0.224. The highest BCUT2D eigenvalue weighted by Crippen LogP contribution is 2.55. The van der Waals surface area contributed by atoms with Crippen LogP contribution in [0.15, 0.2) is 130 Å². The van der Waals surface area contributed by atoms with Crippen LogP contribution in [0.3, 0.4) is 0 Å². The van der Waals surface area contributed by atoms with Crippen LogP contribution in [-0.4, -0.2) is 72.1 Å². The number of fused-ring (bicyclic) bond motifs is 2. The quantitative estimate of drug-likeness (QED) is 0.0429. The number of pyridine rings is 2. The highest BCUT2D eigenvalue weighted by molar-refractivity contribution is 8.20. The third kappa shape index (κ3) is 9.76. The van der Waals surface area contributed by atoms with Crippen molar-refractivity contribution in [2.75, 3.05) is 42.3 Å². The minimum atomic E-state index is -4.18. The summed E-state index contributed by atoms with van der Waals surface area (Å²) in [5.41, 5.74) is 10.2. The van der Waals surface area contributed by atoms with E-state index < -0.39 is 27.8 Å². The molecule has 1 fully saturated rings. The fourth-order valence-electron chi connectivity index (χ4n) is 8.14. The van der Waals surface area contributed by atoms with Crippen molar-refractivity contribution in [2.24, 2.45) is 5.73 Å². The number of nitrogens with one attached hydrogen (secondary N) is 4. The summed E-state index contributed by atoms with van der Waals surface area (Å²) in [4.78, 5) is 44.9. The molecule has 8 rings (SSSR count). The number of nitrogens with two attached hydrogens (primary N) is 1. The molecule has 0 aliphatic carbocycles. The zero-order chi connectivity index (χ0) is 46.6. The Bertz CT molecular complexity index is 3140. The molecule has 3 heterocycles. The lowest BCUT2D eigenvalue weighted by Crippen LogP contribution is -2.23. The molecule has 0 radical (unpaired) electrons. The maximum absolute atomic E-state index is 14.3. The van der Waals surface area contributed by atoms with E-state index in [2.05, 4.69) is 25.9 Å². The summed E-state index contributed by atoms with van der Waals surface area (Å²) in [5.74, 6) is 1.34. The molecule has 1 saturated heterocycles. The lowest BCUT2D eigenvalue weighted by atomic mass is 10.0. The molecule has 8 N–H and O–H groups in total. The van der Waals surface area contributed by atoms with Crippen LogP contribution in [0.4, 0.5) is 17.1 Å². The van der Waals surface area contributed by atoms with E-state index in [4.69, 9.17) is 10.5 Å². The zero-order valence-corrected chi connectivity index (χ0v) is 38.5. The van der Waals surface area contributed by atoms with Gasteiger partial charge < -0.3 is 41.6 Å². The average molecular weight is 945 g/mol. The number of phenols is 1. The van der Waals surface area contributed by atoms with Gasteiger partial charge in [-0.2, -0.15) is 0 Å². The van der Waals surface area contributed by atoms with Crippen molar-refractivity contribution in [2.45, 2.75) is 46.2 Å². The Morgan fingerprint density at radius 3 is 2.44 bits per heavy atom. The van der Waals surface area contributed by atoms with Gasteiger partial charge >= 0.3 is 0 Å². The predicted molar refractivity (Wildman–Crippen MR) is 262 cm³/mol. The van der Waals surface area contributed by atoms with E-state index >= 15 is 0 Å². The molecule has 2 amide bonds. The van der Waals surface area contributed by atoms with Gasteiger partial charge in [-0.05, 0) is 116 Å². The number of aromatic nitrogens is 2. The molecule has 5 aromatic carbocycles. The number of carbonyl (C=O) groups is 2. The van der Waals surface area contributed by atoms with Gasteiger partial charge in [0.2, 0.25) is 15.4 Å². The number of thioether (sulfide) groups is 2. The maximum atomic E-state index is 14.3. The second-order valence-electron chi connectivity index (χ2n) is 15.9. The van der Waals surface area contributed by atoms with Gasteiger partial charge in [-0.15, -0.1) is 23.5 Å². The van der Waals surface area contributed by atoms with Gasteiger partial charge in [-0.1, -0.05) is 30.3 Å². The smallest absolute Gasteiger partial charge is 0.255 e. The summed E-state index contributed by atoms with van der Waals surface area (Å²) in [6.07, 6.45) is 3.29. The van der Waals surface area contributed by atoms with E-state index in [-0.39, 0.29) is 36.3 Å². The lowest BCUT2D eigenvalue weighted by Gasteiger charge is -2.28. The summed E-state index contributed by atoms with van der Waals surface area (Å²) in [6, 6.07) is 29.8. The Kier molecular flexibility index (Phi) is 13.7. The first-order chi connectivity index (χ1) is 31.8. The highest BCUT2D eigenvalue weighted by atomic mass is 32.2. The molecular weight excluding hydrogens is 897 g/mol. The molecular formula is C49H48N6O8S3. The number of ether oxygens (including phenoxy) is 1. The third-order valence-corrected chi connectivity index (χ3v) is 16.8. The van der Waals surface area contributed by atoms with Crippen LogP contribution >= 0.6 is 23.5 Å². The number of aromatic hydroxyl groups is 1. The monoisotopic (exact) mass is 944 g/mol. The minimum Gasteiger partial charge on any atom is -0.506 e. The number of aromatic amines is 1. The number of benzene rings is 5. The van der Waals surface area contributed by atoms with Crippen LogP contribution in [0.5, 0.6) is 11.5 Å². The number of H-pyrrole nitrogens is 1. The maximum Gasteiger partial charge on any atom is 0.255 e. The van der Waals surface area contributed by atoms with Crippen molar-refractivity contribution in [1.29, 1.82) is 0 Å². The van der Waals surface area contributed by atoms with Crippen LogP contribution < -0.4 is 32.0 Å². The number of hydrogen-bond donors (Lipinski definition) is 7. The van der Waals surface area contributed by atoms with Crippen LogP contribution in [0, 0.1) is 6.92 Å². The summed E-state index contributed by atoms with van der Waals surface area (Å²) in [7, 11) is -2.65. The molecule has 0 saturated carbocycles. The second-order valence-corrected chi connectivity index (χ2v) is 20.9. The number of nitrogens with zero attached hydrogens (tertiary/aromatic N) is 1. The van der Waals surface area contributed by atoms with Crippen LogP contribution in [-0.2, 0) is 13.9 Å². The summed E-state index contributed by atoms with van der Waals surface area (Å²) < 4.78 is 33.8. The molecule has 2 aromatic heterocycles. The number of unbranched alkanes of at least 4 members (excludes halogenated alkanes) is 1. The van der Waals surface area contributed by atoms with E-state index in [1.165, 1.54) is 55.8 Å². The predicted octanol–water partition coefficient (Wildman–Crippen LogP) is 8.15. The third-order valence-electron chi connectivity index (χ3n) is 11.5. The number of carbonyl (C=O) groups excluding carboxylic acids is 2. The molecule has 340 valence electrons. The summed E-state index contributed by atoms with van der Waals surface area (Å²) in [6.45, 7) is 2.75. The number of phenolic OH excluding ortho intramolecular Hbond substituents is 1. The first-order valence-electron chi connectivity index (χ1n) is 21.2. The number of aliphatic hydroxyl groups excluding tert-OH is 1. The number of methoxy groups -OCH3 is 1. The molecule has 0 unspecified atom stereocenters. The SMILES string of the molecule is COc1cccc(Nc2c(C(N)=O)cnc3c(C)cc(S(=O)(=O)c4cccc(C(=O)Nc5ccc(C6(CCCCNC[C@H](O)c7ccc(O)c8[nH]c(=O)ccc78)SCCS6)cc5)c4)cc23)c1. The normalized spacial score (nSPS) is 14.0. The number of sulfone groups is 1. The number of amides is 2. The molecule has 0 bridgehead atoms. The van der Waals surface area contributed by atoms with Gasteiger partial charge in [0.25, 0.3) is 11.8 Å². The van der Waals surface area contributed by atoms with Crippen molar-refractivity contribution in [3.05, 3.63) is 154 Å². The minimum absolute atomic E-state index is 0.0499. The van der Waals surface area contributed by atoms with Gasteiger partial charge in [0, 0.05) is 64.1 Å². The van der Waals surface area contributed by atoms with Crippen LogP contribution in [0.1, 0.15) is 62.8 Å². The van der Waals surface area contributed by atoms with Crippen LogP contribution in [0.2, 0.25) is 0 Å². The zero-order valence-electron chi connectivity index (χ0n) is 36.1. The summed E-state index contributed by atoms with van der Waals surface area (Å²) >= 11 is 3.83. The van der Waals surface area contributed by atoms with Crippen molar-refractivity contribution >= 4 is 84.0 Å². The molecule has 0 spiro atoms. The van der Waals surface area contributed by atoms with Crippen molar-refractivity contribution in [3.8, 4) is 11.5 Å². The molecule has 7 aromatic rings. The number of primary amides is 1. The Morgan fingerprint density at radius 2 is 1.68 bits per heavy atom. The largest absolute Gasteiger partial charge is 0.506 e. The van der Waals surface area contributed by atoms with Crippen LogP contribution in [0.25, 0.3) is 21.8 Å². The fourth-order valence-corrected chi connectivity index (χ4v) is 12.9. The lowest BCUT2D eigenvalue weighted by molar-refractivity contribution is 0.0998. The Morgan fingerprint density at radius 1 is 0.909 bits per heavy atom. The van der Waals surface area contributed by atoms with Gasteiger partial charge in [-0.25, -0.2) is 8.42 Å². The van der Waals surface area contributed by atoms with Gasteiger partial charge in [0.05, 0.1) is 49.4 Å². The number of anilines is 3. The van der Waals surface area contributed by atoms with Crippen molar-refractivity contribution in [1.82, 2.24) is 15.3 Å². The van der Waals surface area contributed by atoms with E-state index in [0.717, 1.165) is 36.3 Å². The highest BCUT2D eigenvalue weighted by Gasteiger charge is 2.37. The first-order valence-corrected chi connectivity index (χ1v) is 24.6. The number of rotatable bonds is 17. The average Bonchev–Trinajstić information content (AvgIpc) is 3.80. The van der Waals surface area contributed by atoms with Gasteiger partial charge in [0.15, 0.2) is 0 Å².